The van der Waals surface area contributed by atoms with Gasteiger partial charge in [-0.2, -0.15) is 0 Å². The fourth-order valence-corrected chi connectivity index (χ4v) is 4.14. The van der Waals surface area contributed by atoms with E-state index in [1.807, 2.05) is 6.20 Å². The maximum Gasteiger partial charge on any atom is 0.113 e. The first-order chi connectivity index (χ1) is 8.48. The van der Waals surface area contributed by atoms with E-state index < -0.39 is 0 Å². The molecule has 1 aromatic heterocycles. The molecule has 1 aliphatic carbocycles. The van der Waals surface area contributed by atoms with Crippen molar-refractivity contribution >= 4 is 11.3 Å². The summed E-state index contributed by atoms with van der Waals surface area (Å²) in [5.74, 6) is 0.840. The lowest BCUT2D eigenvalue weighted by Gasteiger charge is -2.32. The van der Waals surface area contributed by atoms with Gasteiger partial charge >= 0.3 is 0 Å². The first-order valence-electron chi connectivity index (χ1n) is 7.07. The van der Waals surface area contributed by atoms with Gasteiger partial charge in [0.2, 0.25) is 0 Å². The van der Waals surface area contributed by atoms with Gasteiger partial charge in [0.05, 0.1) is 5.54 Å². The van der Waals surface area contributed by atoms with Gasteiger partial charge in [0.25, 0.3) is 0 Å². The van der Waals surface area contributed by atoms with Crippen LogP contribution in [-0.4, -0.2) is 12.0 Å². The summed E-state index contributed by atoms with van der Waals surface area (Å²) in [5.41, 5.74) is 0.570. The third-order valence-electron chi connectivity index (χ3n) is 4.62. The summed E-state index contributed by atoms with van der Waals surface area (Å²) in [5, 5.41) is 6.95. The van der Waals surface area contributed by atoms with Crippen LogP contribution in [0.1, 0.15) is 57.9 Å². The van der Waals surface area contributed by atoms with Crippen LogP contribution in [0.15, 0.2) is 11.6 Å². The first-order valence-corrected chi connectivity index (χ1v) is 7.95. The van der Waals surface area contributed by atoms with Crippen LogP contribution in [0.2, 0.25) is 0 Å². The summed E-state index contributed by atoms with van der Waals surface area (Å²) in [6.07, 6.45) is 8.36. The third-order valence-corrected chi connectivity index (χ3v) is 5.60. The van der Waals surface area contributed by atoms with Crippen LogP contribution >= 0.6 is 11.3 Å². The standard InChI is InChI=1S/C15H26N2S/c1-14(2,3)12-6-5-8-15(16-4,9-7-12)13-17-10-11-18-13/h10-12,16H,5-9H2,1-4H3. The van der Waals surface area contributed by atoms with Crippen molar-refractivity contribution in [1.82, 2.24) is 10.3 Å². The zero-order chi connectivity index (χ0) is 13.2. The summed E-state index contributed by atoms with van der Waals surface area (Å²) in [6.45, 7) is 7.15. The highest BCUT2D eigenvalue weighted by atomic mass is 32.1. The van der Waals surface area contributed by atoms with E-state index in [1.165, 1.54) is 37.1 Å². The molecular weight excluding hydrogens is 240 g/mol. The summed E-state index contributed by atoms with van der Waals surface area (Å²) in [7, 11) is 2.10. The van der Waals surface area contributed by atoms with Gasteiger partial charge in [0.1, 0.15) is 5.01 Å². The third kappa shape index (κ3) is 2.77. The average molecular weight is 266 g/mol. The van der Waals surface area contributed by atoms with Crippen molar-refractivity contribution in [1.29, 1.82) is 0 Å². The van der Waals surface area contributed by atoms with Crippen molar-refractivity contribution in [3.8, 4) is 0 Å². The highest BCUT2D eigenvalue weighted by Crippen LogP contribution is 2.43. The van der Waals surface area contributed by atoms with Gasteiger partial charge < -0.3 is 5.32 Å². The maximum atomic E-state index is 4.57. The van der Waals surface area contributed by atoms with Crippen LogP contribution in [0, 0.1) is 11.3 Å². The summed E-state index contributed by atoms with van der Waals surface area (Å²) in [4.78, 5) is 4.57. The van der Waals surface area contributed by atoms with Gasteiger partial charge in [-0.05, 0) is 44.1 Å². The molecule has 102 valence electrons. The number of nitrogens with one attached hydrogen (secondary N) is 1. The lowest BCUT2D eigenvalue weighted by atomic mass is 9.76. The van der Waals surface area contributed by atoms with Crippen molar-refractivity contribution < 1.29 is 0 Å². The molecule has 2 unspecified atom stereocenters. The van der Waals surface area contributed by atoms with Gasteiger partial charge in [0.15, 0.2) is 0 Å². The van der Waals surface area contributed by atoms with Gasteiger partial charge in [-0.3, -0.25) is 0 Å². The second kappa shape index (κ2) is 5.30. The minimum atomic E-state index is 0.133. The molecule has 2 rings (SSSR count). The Kier molecular flexibility index (Phi) is 4.12. The molecule has 1 fully saturated rings. The van der Waals surface area contributed by atoms with E-state index >= 15 is 0 Å². The van der Waals surface area contributed by atoms with E-state index in [9.17, 15) is 0 Å². The Bertz CT molecular complexity index is 366. The zero-order valence-corrected chi connectivity index (χ0v) is 12.9. The molecule has 2 nitrogen and oxygen atoms in total. The molecule has 0 aromatic carbocycles. The van der Waals surface area contributed by atoms with E-state index in [0.29, 0.717) is 5.41 Å². The predicted molar refractivity (Wildman–Crippen MR) is 78.9 cm³/mol. The fraction of sp³-hybridized carbons (Fsp3) is 0.800. The minimum Gasteiger partial charge on any atom is -0.308 e. The molecule has 1 saturated carbocycles. The number of hydrogen-bond donors (Lipinski definition) is 1. The second-order valence-electron chi connectivity index (χ2n) is 6.66. The SMILES string of the molecule is CNC1(c2nccs2)CCCC(C(C)(C)C)CC1. The van der Waals surface area contributed by atoms with Crippen LogP contribution in [0.4, 0.5) is 0 Å². The number of nitrogens with zero attached hydrogens (tertiary/aromatic N) is 1. The number of aromatic nitrogens is 1. The highest BCUT2D eigenvalue weighted by molar-refractivity contribution is 7.09. The molecule has 2 atom stereocenters. The molecule has 0 saturated heterocycles. The Hall–Kier alpha value is -0.410. The van der Waals surface area contributed by atoms with E-state index in [-0.39, 0.29) is 5.54 Å². The monoisotopic (exact) mass is 266 g/mol. The van der Waals surface area contributed by atoms with Gasteiger partial charge in [-0.1, -0.05) is 27.2 Å². The van der Waals surface area contributed by atoms with Crippen molar-refractivity contribution in [2.24, 2.45) is 11.3 Å². The summed E-state index contributed by atoms with van der Waals surface area (Å²) >= 11 is 1.80. The topological polar surface area (TPSA) is 24.9 Å². The highest BCUT2D eigenvalue weighted by Gasteiger charge is 2.37. The van der Waals surface area contributed by atoms with Crippen LogP contribution in [0.3, 0.4) is 0 Å². The molecule has 0 spiro atoms. The largest absolute Gasteiger partial charge is 0.308 e. The molecule has 1 aliphatic rings. The smallest absolute Gasteiger partial charge is 0.113 e. The normalized spacial score (nSPS) is 30.1. The lowest BCUT2D eigenvalue weighted by Crippen LogP contribution is -2.39. The molecule has 0 bridgehead atoms. The van der Waals surface area contributed by atoms with Gasteiger partial charge in [-0.15, -0.1) is 11.3 Å². The van der Waals surface area contributed by atoms with Crippen LogP contribution in [0.25, 0.3) is 0 Å². The van der Waals surface area contributed by atoms with Crippen molar-refractivity contribution in [3.63, 3.8) is 0 Å². The molecule has 1 N–H and O–H groups in total. The molecule has 0 aliphatic heterocycles. The summed E-state index contributed by atoms with van der Waals surface area (Å²) in [6, 6.07) is 0. The Labute approximate surface area is 115 Å². The molecule has 3 heteroatoms. The van der Waals surface area contributed by atoms with Crippen LogP contribution in [-0.2, 0) is 5.54 Å². The fourth-order valence-electron chi connectivity index (χ4n) is 3.24. The first kappa shape index (κ1) is 14.0. The Morgan fingerprint density at radius 1 is 1.33 bits per heavy atom. The van der Waals surface area contributed by atoms with E-state index in [0.717, 1.165) is 5.92 Å². The Morgan fingerprint density at radius 2 is 2.11 bits per heavy atom. The number of rotatable bonds is 2. The molecule has 0 amide bonds. The average Bonchev–Trinajstić information content (AvgIpc) is 2.74. The van der Waals surface area contributed by atoms with E-state index in [4.69, 9.17) is 0 Å². The number of hydrogen-bond acceptors (Lipinski definition) is 3. The zero-order valence-electron chi connectivity index (χ0n) is 12.1. The minimum absolute atomic E-state index is 0.133. The van der Waals surface area contributed by atoms with Gasteiger partial charge in [0, 0.05) is 11.6 Å². The summed E-state index contributed by atoms with van der Waals surface area (Å²) < 4.78 is 0. The van der Waals surface area contributed by atoms with Crippen LogP contribution in [0.5, 0.6) is 0 Å². The molecular formula is C15H26N2S. The second-order valence-corrected chi connectivity index (χ2v) is 7.56. The predicted octanol–water partition coefficient (Wildman–Crippen LogP) is 4.18. The maximum absolute atomic E-state index is 4.57. The van der Waals surface area contributed by atoms with Crippen molar-refractivity contribution in [2.45, 2.75) is 58.4 Å². The Morgan fingerprint density at radius 3 is 2.67 bits per heavy atom. The van der Waals surface area contributed by atoms with Crippen molar-refractivity contribution in [2.75, 3.05) is 7.05 Å². The van der Waals surface area contributed by atoms with Crippen molar-refractivity contribution in [3.05, 3.63) is 16.6 Å². The quantitative estimate of drug-likeness (QED) is 0.812. The molecule has 1 heterocycles. The van der Waals surface area contributed by atoms with Crippen LogP contribution < -0.4 is 5.32 Å². The lowest BCUT2D eigenvalue weighted by molar-refractivity contribution is 0.207. The Balaban J connectivity index is 2.16. The van der Waals surface area contributed by atoms with E-state index in [1.54, 1.807) is 11.3 Å². The molecule has 0 radical (unpaired) electrons. The van der Waals surface area contributed by atoms with Gasteiger partial charge in [-0.25, -0.2) is 4.98 Å². The van der Waals surface area contributed by atoms with E-state index in [2.05, 4.69) is 43.5 Å². The number of thiazole rings is 1. The molecule has 1 aromatic rings. The molecule has 18 heavy (non-hydrogen) atoms.